The summed E-state index contributed by atoms with van der Waals surface area (Å²) in [7, 11) is 0. The number of carboxylic acid groups (broad SMARTS) is 1. The number of hydrogen-bond donors (Lipinski definition) is 2. The van der Waals surface area contributed by atoms with Crippen molar-refractivity contribution < 1.29 is 14.7 Å². The third-order valence-corrected chi connectivity index (χ3v) is 4.04. The van der Waals surface area contributed by atoms with E-state index in [0.29, 0.717) is 19.5 Å². The van der Waals surface area contributed by atoms with Crippen molar-refractivity contribution in [3.63, 3.8) is 0 Å². The standard InChI is InChI=1S/C14H17BrN2O3/c15-11-3-1-2-10(5-11)12(6-14(19)20)17-8-9(7-16)4-13(17)18/h1-3,5,9,12H,4,6-8,16H2,(H,19,20). The molecule has 0 aliphatic carbocycles. The molecule has 1 saturated heterocycles. The number of aliphatic carboxylic acids is 1. The first-order valence-electron chi connectivity index (χ1n) is 6.48. The van der Waals surface area contributed by atoms with E-state index in [1.165, 1.54) is 0 Å². The highest BCUT2D eigenvalue weighted by atomic mass is 79.9. The van der Waals surface area contributed by atoms with E-state index in [2.05, 4.69) is 15.9 Å². The Kier molecular flexibility index (Phi) is 4.77. The van der Waals surface area contributed by atoms with Crippen molar-refractivity contribution in [3.8, 4) is 0 Å². The van der Waals surface area contributed by atoms with Gasteiger partial charge in [-0.15, -0.1) is 0 Å². The minimum Gasteiger partial charge on any atom is -0.481 e. The Labute approximate surface area is 125 Å². The molecule has 1 aliphatic rings. The first-order chi connectivity index (χ1) is 9.51. The average Bonchev–Trinajstić information content (AvgIpc) is 2.77. The minimum absolute atomic E-state index is 0.0216. The lowest BCUT2D eigenvalue weighted by atomic mass is 10.0. The summed E-state index contributed by atoms with van der Waals surface area (Å²) >= 11 is 3.38. The largest absolute Gasteiger partial charge is 0.481 e. The van der Waals surface area contributed by atoms with Crippen LogP contribution in [0.5, 0.6) is 0 Å². The van der Waals surface area contributed by atoms with Gasteiger partial charge in [-0.2, -0.15) is 0 Å². The third kappa shape index (κ3) is 3.37. The van der Waals surface area contributed by atoms with Gasteiger partial charge in [0.05, 0.1) is 12.5 Å². The highest BCUT2D eigenvalue weighted by Gasteiger charge is 2.35. The van der Waals surface area contributed by atoms with Crippen LogP contribution < -0.4 is 5.73 Å². The number of hydrogen-bond acceptors (Lipinski definition) is 3. The minimum atomic E-state index is -0.918. The van der Waals surface area contributed by atoms with Gasteiger partial charge >= 0.3 is 5.97 Å². The van der Waals surface area contributed by atoms with Crippen LogP contribution in [0.2, 0.25) is 0 Å². The molecule has 1 fully saturated rings. The first-order valence-corrected chi connectivity index (χ1v) is 7.27. The van der Waals surface area contributed by atoms with Crippen LogP contribution in [0.4, 0.5) is 0 Å². The molecular weight excluding hydrogens is 324 g/mol. The molecule has 0 radical (unpaired) electrons. The van der Waals surface area contributed by atoms with Gasteiger partial charge in [-0.25, -0.2) is 0 Å². The third-order valence-electron chi connectivity index (χ3n) is 3.55. The van der Waals surface area contributed by atoms with Crippen molar-refractivity contribution in [2.75, 3.05) is 13.1 Å². The number of nitrogens with two attached hydrogens (primary N) is 1. The van der Waals surface area contributed by atoms with E-state index in [0.717, 1.165) is 10.0 Å². The number of amides is 1. The quantitative estimate of drug-likeness (QED) is 0.855. The summed E-state index contributed by atoms with van der Waals surface area (Å²) in [6.45, 7) is 0.973. The van der Waals surface area contributed by atoms with Crippen LogP contribution in [0.3, 0.4) is 0 Å². The van der Waals surface area contributed by atoms with Gasteiger partial charge in [0.1, 0.15) is 0 Å². The van der Waals surface area contributed by atoms with Crippen molar-refractivity contribution in [2.24, 2.45) is 11.7 Å². The topological polar surface area (TPSA) is 83.6 Å². The number of benzene rings is 1. The summed E-state index contributed by atoms with van der Waals surface area (Å²) in [6, 6.07) is 6.98. The van der Waals surface area contributed by atoms with Crippen LogP contribution in [0.15, 0.2) is 28.7 Å². The Bertz CT molecular complexity index is 521. The Morgan fingerprint density at radius 3 is 2.85 bits per heavy atom. The molecule has 1 aromatic rings. The van der Waals surface area contributed by atoms with E-state index in [-0.39, 0.29) is 18.2 Å². The van der Waals surface area contributed by atoms with E-state index in [4.69, 9.17) is 10.8 Å². The molecule has 0 saturated carbocycles. The van der Waals surface area contributed by atoms with E-state index < -0.39 is 12.0 Å². The van der Waals surface area contributed by atoms with Gasteiger partial charge in [-0.05, 0) is 30.2 Å². The first kappa shape index (κ1) is 15.0. The summed E-state index contributed by atoms with van der Waals surface area (Å²) in [5.74, 6) is -0.823. The highest BCUT2D eigenvalue weighted by molar-refractivity contribution is 9.10. The second-order valence-corrected chi connectivity index (χ2v) is 5.94. The van der Waals surface area contributed by atoms with Gasteiger partial charge in [0, 0.05) is 17.4 Å². The molecule has 5 nitrogen and oxygen atoms in total. The zero-order valence-electron chi connectivity index (χ0n) is 11.0. The molecule has 0 spiro atoms. The summed E-state index contributed by atoms with van der Waals surface area (Å²) in [4.78, 5) is 24.8. The van der Waals surface area contributed by atoms with E-state index in [1.807, 2.05) is 24.3 Å². The second kappa shape index (κ2) is 6.37. The number of carbonyl (C=O) groups excluding carboxylic acids is 1. The maximum absolute atomic E-state index is 12.1. The van der Waals surface area contributed by atoms with Gasteiger partial charge < -0.3 is 15.7 Å². The van der Waals surface area contributed by atoms with Crippen LogP contribution in [0, 0.1) is 5.92 Å². The van der Waals surface area contributed by atoms with Gasteiger partial charge in [0.25, 0.3) is 0 Å². The van der Waals surface area contributed by atoms with Gasteiger partial charge in [-0.1, -0.05) is 28.1 Å². The van der Waals surface area contributed by atoms with Crippen LogP contribution in [0.25, 0.3) is 0 Å². The molecule has 2 atom stereocenters. The monoisotopic (exact) mass is 340 g/mol. The van der Waals surface area contributed by atoms with Crippen LogP contribution >= 0.6 is 15.9 Å². The number of likely N-dealkylation sites (tertiary alicyclic amines) is 1. The molecule has 1 aromatic carbocycles. The molecule has 2 rings (SSSR count). The average molecular weight is 341 g/mol. The number of nitrogens with zero attached hydrogens (tertiary/aromatic N) is 1. The lowest BCUT2D eigenvalue weighted by Crippen LogP contribution is -2.32. The summed E-state index contributed by atoms with van der Waals surface area (Å²) in [5, 5.41) is 9.11. The fraction of sp³-hybridized carbons (Fsp3) is 0.429. The normalized spacial score (nSPS) is 20.2. The maximum atomic E-state index is 12.1. The summed E-state index contributed by atoms with van der Waals surface area (Å²) in [6.07, 6.45) is 0.306. The molecule has 108 valence electrons. The summed E-state index contributed by atoms with van der Waals surface area (Å²) in [5.41, 5.74) is 6.45. The number of carbonyl (C=O) groups is 2. The van der Waals surface area contributed by atoms with E-state index in [9.17, 15) is 9.59 Å². The Morgan fingerprint density at radius 2 is 2.30 bits per heavy atom. The van der Waals surface area contributed by atoms with E-state index in [1.54, 1.807) is 4.90 Å². The molecule has 3 N–H and O–H groups in total. The SMILES string of the molecule is NCC1CC(=O)N(C(CC(=O)O)c2cccc(Br)c2)C1. The second-order valence-electron chi connectivity index (χ2n) is 5.02. The fourth-order valence-corrected chi connectivity index (χ4v) is 2.97. The fourth-order valence-electron chi connectivity index (χ4n) is 2.55. The van der Waals surface area contributed by atoms with Crippen molar-refractivity contribution >= 4 is 27.8 Å². The molecule has 2 unspecified atom stereocenters. The zero-order valence-corrected chi connectivity index (χ0v) is 12.5. The highest BCUT2D eigenvalue weighted by Crippen LogP contribution is 2.32. The van der Waals surface area contributed by atoms with Crippen LogP contribution in [0.1, 0.15) is 24.4 Å². The van der Waals surface area contributed by atoms with Crippen molar-refractivity contribution in [3.05, 3.63) is 34.3 Å². The molecule has 6 heteroatoms. The zero-order chi connectivity index (χ0) is 14.7. The number of rotatable bonds is 5. The molecule has 0 aromatic heterocycles. The van der Waals surface area contributed by atoms with Crippen molar-refractivity contribution in [1.82, 2.24) is 4.90 Å². The smallest absolute Gasteiger partial charge is 0.305 e. The lowest BCUT2D eigenvalue weighted by molar-refractivity contribution is -0.139. The molecular formula is C14H17BrN2O3. The molecule has 0 bridgehead atoms. The van der Waals surface area contributed by atoms with Crippen molar-refractivity contribution in [1.29, 1.82) is 0 Å². The molecule has 1 aliphatic heterocycles. The maximum Gasteiger partial charge on any atom is 0.305 e. The van der Waals surface area contributed by atoms with Gasteiger partial charge in [0.15, 0.2) is 0 Å². The predicted octanol–water partition coefficient (Wildman–Crippen LogP) is 1.77. The number of halogens is 1. The van der Waals surface area contributed by atoms with Crippen molar-refractivity contribution in [2.45, 2.75) is 18.9 Å². The molecule has 1 heterocycles. The van der Waals surface area contributed by atoms with E-state index >= 15 is 0 Å². The number of carboxylic acids is 1. The predicted molar refractivity (Wildman–Crippen MR) is 78.0 cm³/mol. The lowest BCUT2D eigenvalue weighted by Gasteiger charge is -2.27. The molecule has 20 heavy (non-hydrogen) atoms. The van der Waals surface area contributed by atoms with Crippen LogP contribution in [-0.4, -0.2) is 35.0 Å². The van der Waals surface area contributed by atoms with Gasteiger partial charge in [0.2, 0.25) is 5.91 Å². The van der Waals surface area contributed by atoms with Gasteiger partial charge in [-0.3, -0.25) is 9.59 Å². The van der Waals surface area contributed by atoms with Crippen LogP contribution in [-0.2, 0) is 9.59 Å². The Morgan fingerprint density at radius 1 is 1.55 bits per heavy atom. The Balaban J connectivity index is 2.28. The molecule has 1 amide bonds. The Hall–Kier alpha value is -1.40. The summed E-state index contributed by atoms with van der Waals surface area (Å²) < 4.78 is 0.868.